The highest BCUT2D eigenvalue weighted by atomic mass is 16.7. The minimum atomic E-state index is -0.603. The van der Waals surface area contributed by atoms with Crippen LogP contribution in [0.5, 0.6) is 0 Å². The van der Waals surface area contributed by atoms with Gasteiger partial charge in [0, 0.05) is 37.2 Å². The molecule has 39 heavy (non-hydrogen) atoms. The summed E-state index contributed by atoms with van der Waals surface area (Å²) < 4.78 is 11.9. The molecule has 3 aromatic rings. The summed E-state index contributed by atoms with van der Waals surface area (Å²) in [4.78, 5) is 25.7. The summed E-state index contributed by atoms with van der Waals surface area (Å²) in [6, 6.07) is 24.0. The highest BCUT2D eigenvalue weighted by molar-refractivity contribution is 6.05. The zero-order valence-corrected chi connectivity index (χ0v) is 22.0. The highest BCUT2D eigenvalue weighted by Crippen LogP contribution is 2.39. The van der Waals surface area contributed by atoms with E-state index in [4.69, 9.17) is 15.2 Å². The number of para-hydroxylation sites is 2. The SMILES string of the molecule is CCO[C@H]1OC(C(=O)NCc2ccc(C(=O)Nc3ccccc3N)cc2)=C[C@@H](c2ccccc2)[C@@H]1CCCO. The number of rotatable bonds is 11. The van der Waals surface area contributed by atoms with Gasteiger partial charge in [-0.1, -0.05) is 54.6 Å². The Bertz CT molecular complexity index is 1280. The number of hydrogen-bond donors (Lipinski definition) is 4. The fourth-order valence-electron chi connectivity index (χ4n) is 4.67. The van der Waals surface area contributed by atoms with Gasteiger partial charge in [-0.25, -0.2) is 0 Å². The molecule has 0 unspecified atom stereocenters. The van der Waals surface area contributed by atoms with E-state index < -0.39 is 6.29 Å². The minimum absolute atomic E-state index is 0.0408. The van der Waals surface area contributed by atoms with E-state index in [9.17, 15) is 14.7 Å². The maximum Gasteiger partial charge on any atom is 0.286 e. The van der Waals surface area contributed by atoms with E-state index in [1.165, 1.54) is 0 Å². The Morgan fingerprint density at radius 2 is 1.69 bits per heavy atom. The molecule has 0 spiro atoms. The first-order chi connectivity index (χ1) is 19.0. The first-order valence-electron chi connectivity index (χ1n) is 13.2. The second-order valence-electron chi connectivity index (χ2n) is 9.36. The van der Waals surface area contributed by atoms with Crippen molar-refractivity contribution in [3.63, 3.8) is 0 Å². The van der Waals surface area contributed by atoms with Crippen LogP contribution in [-0.4, -0.2) is 36.4 Å². The molecule has 1 aliphatic heterocycles. The number of carbonyl (C=O) groups excluding carboxylic acids is 2. The van der Waals surface area contributed by atoms with E-state index in [1.54, 1.807) is 48.5 Å². The van der Waals surface area contributed by atoms with Crippen LogP contribution in [0.1, 0.15) is 47.2 Å². The lowest BCUT2D eigenvalue weighted by atomic mass is 9.80. The van der Waals surface area contributed by atoms with E-state index in [0.29, 0.717) is 36.4 Å². The number of aliphatic hydroxyl groups excluding tert-OH is 1. The maximum atomic E-state index is 13.2. The molecule has 8 nitrogen and oxygen atoms in total. The molecule has 2 amide bonds. The van der Waals surface area contributed by atoms with Gasteiger partial charge in [0.25, 0.3) is 11.8 Å². The summed E-state index contributed by atoms with van der Waals surface area (Å²) in [6.45, 7) is 2.67. The van der Waals surface area contributed by atoms with Gasteiger partial charge in [-0.05, 0) is 61.2 Å². The summed E-state index contributed by atoms with van der Waals surface area (Å²) in [5.74, 6) is -0.545. The van der Waals surface area contributed by atoms with Crippen LogP contribution in [0.4, 0.5) is 11.4 Å². The normalized spacial score (nSPS) is 18.5. The third-order valence-electron chi connectivity index (χ3n) is 6.70. The molecule has 0 fully saturated rings. The number of nitrogen functional groups attached to an aromatic ring is 1. The number of allylic oxidation sites excluding steroid dienone is 1. The minimum Gasteiger partial charge on any atom is -0.459 e. The van der Waals surface area contributed by atoms with Crippen LogP contribution in [0.2, 0.25) is 0 Å². The predicted octanol–water partition coefficient (Wildman–Crippen LogP) is 4.59. The van der Waals surface area contributed by atoms with Gasteiger partial charge < -0.3 is 30.9 Å². The van der Waals surface area contributed by atoms with Gasteiger partial charge in [-0.15, -0.1) is 0 Å². The molecule has 3 aromatic carbocycles. The van der Waals surface area contributed by atoms with Gasteiger partial charge in [0.2, 0.25) is 6.29 Å². The van der Waals surface area contributed by atoms with Crippen molar-refractivity contribution >= 4 is 23.2 Å². The van der Waals surface area contributed by atoms with Crippen molar-refractivity contribution in [1.29, 1.82) is 0 Å². The molecule has 8 heteroatoms. The smallest absolute Gasteiger partial charge is 0.286 e. The van der Waals surface area contributed by atoms with Gasteiger partial charge in [0.1, 0.15) is 0 Å². The van der Waals surface area contributed by atoms with Crippen molar-refractivity contribution in [1.82, 2.24) is 5.32 Å². The zero-order chi connectivity index (χ0) is 27.6. The highest BCUT2D eigenvalue weighted by Gasteiger charge is 2.37. The number of carbonyl (C=O) groups is 2. The molecular formula is C31H35N3O5. The second kappa shape index (κ2) is 13.6. The van der Waals surface area contributed by atoms with E-state index in [-0.39, 0.29) is 42.6 Å². The Morgan fingerprint density at radius 3 is 2.38 bits per heavy atom. The molecular weight excluding hydrogens is 494 g/mol. The van der Waals surface area contributed by atoms with Crippen molar-refractivity contribution in [3.8, 4) is 0 Å². The number of nitrogens with two attached hydrogens (primary N) is 1. The molecule has 204 valence electrons. The first-order valence-corrected chi connectivity index (χ1v) is 13.2. The number of nitrogens with one attached hydrogen (secondary N) is 2. The molecule has 0 aliphatic carbocycles. The number of ether oxygens (including phenoxy) is 2. The summed E-state index contributed by atoms with van der Waals surface area (Å²) in [5, 5.41) is 15.1. The van der Waals surface area contributed by atoms with Crippen LogP contribution >= 0.6 is 0 Å². The lowest BCUT2D eigenvalue weighted by molar-refractivity contribution is -0.166. The van der Waals surface area contributed by atoms with Gasteiger partial charge in [-0.2, -0.15) is 0 Å². The largest absolute Gasteiger partial charge is 0.459 e. The number of amides is 2. The van der Waals surface area contributed by atoms with Crippen LogP contribution in [-0.2, 0) is 20.8 Å². The van der Waals surface area contributed by atoms with Crippen LogP contribution < -0.4 is 16.4 Å². The fourth-order valence-corrected chi connectivity index (χ4v) is 4.67. The van der Waals surface area contributed by atoms with E-state index in [2.05, 4.69) is 10.6 Å². The van der Waals surface area contributed by atoms with Crippen LogP contribution in [0, 0.1) is 5.92 Å². The third kappa shape index (κ3) is 7.25. The lowest BCUT2D eigenvalue weighted by Crippen LogP contribution is -2.39. The molecule has 4 rings (SSSR count). The van der Waals surface area contributed by atoms with Crippen LogP contribution in [0.15, 0.2) is 90.7 Å². The van der Waals surface area contributed by atoms with E-state index >= 15 is 0 Å². The summed E-state index contributed by atoms with van der Waals surface area (Å²) in [6.07, 6.45) is 2.56. The Balaban J connectivity index is 1.43. The van der Waals surface area contributed by atoms with Gasteiger partial charge in [-0.3, -0.25) is 9.59 Å². The Labute approximate surface area is 228 Å². The van der Waals surface area contributed by atoms with Crippen LogP contribution in [0.25, 0.3) is 0 Å². The quantitative estimate of drug-likeness (QED) is 0.270. The molecule has 1 heterocycles. The molecule has 0 saturated carbocycles. The molecule has 1 aliphatic rings. The van der Waals surface area contributed by atoms with Gasteiger partial charge >= 0.3 is 0 Å². The van der Waals surface area contributed by atoms with E-state index in [1.807, 2.05) is 43.3 Å². The van der Waals surface area contributed by atoms with Crippen molar-refractivity contribution < 1.29 is 24.2 Å². The molecule has 0 bridgehead atoms. The predicted molar refractivity (Wildman–Crippen MR) is 151 cm³/mol. The van der Waals surface area contributed by atoms with Crippen molar-refractivity contribution in [2.45, 2.75) is 38.5 Å². The third-order valence-corrected chi connectivity index (χ3v) is 6.70. The molecule has 0 saturated heterocycles. The Hall–Kier alpha value is -4.14. The Morgan fingerprint density at radius 1 is 0.974 bits per heavy atom. The topological polar surface area (TPSA) is 123 Å². The van der Waals surface area contributed by atoms with Gasteiger partial charge in [0.15, 0.2) is 5.76 Å². The first kappa shape index (κ1) is 27.9. The summed E-state index contributed by atoms with van der Waals surface area (Å²) in [5.41, 5.74) is 9.32. The number of hydrogen-bond acceptors (Lipinski definition) is 6. The van der Waals surface area contributed by atoms with Crippen molar-refractivity contribution in [3.05, 3.63) is 107 Å². The summed E-state index contributed by atoms with van der Waals surface area (Å²) >= 11 is 0. The Kier molecular flexibility index (Phi) is 9.72. The van der Waals surface area contributed by atoms with Crippen molar-refractivity contribution in [2.75, 3.05) is 24.3 Å². The van der Waals surface area contributed by atoms with E-state index in [0.717, 1.165) is 11.1 Å². The standard InChI is InChI=1S/C31H35N3O5/c1-2-38-31-24(11-8-18-35)25(22-9-4-3-5-10-22)19-28(39-31)30(37)33-20-21-14-16-23(17-15-21)29(36)34-27-13-7-6-12-26(27)32/h3-7,9-10,12-17,19,24-25,31,35H,2,8,11,18,20,32H2,1H3,(H,33,37)(H,34,36)/t24-,25-,31-/m0/s1. The molecule has 3 atom stereocenters. The average molecular weight is 530 g/mol. The summed E-state index contributed by atoms with van der Waals surface area (Å²) in [7, 11) is 0. The van der Waals surface area contributed by atoms with Crippen LogP contribution in [0.3, 0.4) is 0 Å². The lowest BCUT2D eigenvalue weighted by Gasteiger charge is -2.37. The van der Waals surface area contributed by atoms with Gasteiger partial charge in [0.05, 0.1) is 11.4 Å². The van der Waals surface area contributed by atoms with Crippen molar-refractivity contribution in [2.24, 2.45) is 5.92 Å². The molecule has 5 N–H and O–H groups in total. The molecule has 0 radical (unpaired) electrons. The maximum absolute atomic E-state index is 13.2. The number of benzene rings is 3. The second-order valence-corrected chi connectivity index (χ2v) is 9.36. The molecule has 0 aromatic heterocycles. The number of anilines is 2. The fraction of sp³-hybridized carbons (Fsp3) is 0.290. The monoisotopic (exact) mass is 529 g/mol. The zero-order valence-electron chi connectivity index (χ0n) is 22.0. The number of aliphatic hydroxyl groups is 1. The average Bonchev–Trinajstić information content (AvgIpc) is 2.97.